The molecular weight excluding hydrogens is 695 g/mol. The average Bonchev–Trinajstić information content (AvgIpc) is 3.20. The number of carbonyl (C=O) groups excluding carboxylic acids is 1. The molecule has 6 heteroatoms. The maximum Gasteiger partial charge on any atom is 0.249 e. The van der Waals surface area contributed by atoms with Gasteiger partial charge in [-0.3, -0.25) is 4.79 Å². The maximum absolute atomic E-state index is 12.5. The first-order valence-electron chi connectivity index (χ1n) is 24.4. The lowest BCUT2D eigenvalue weighted by molar-refractivity contribution is -0.132. The van der Waals surface area contributed by atoms with E-state index in [0.29, 0.717) is 19.3 Å². The topological polar surface area (TPSA) is 110 Å². The number of nitrogens with one attached hydrogen (secondary N) is 1. The molecule has 0 radical (unpaired) electrons. The third-order valence-corrected chi connectivity index (χ3v) is 11.3. The molecule has 330 valence electrons. The number of unbranched alkanes of at least 4 members (excludes halogenated alkanes) is 29. The molecule has 0 spiro atoms. The highest BCUT2D eigenvalue weighted by Gasteiger charge is 2.28. The highest BCUT2D eigenvalue weighted by molar-refractivity contribution is 5.80. The molecule has 5 N–H and O–H groups in total. The zero-order valence-corrected chi connectivity index (χ0v) is 37.1. The largest absolute Gasteiger partial charge is 0.394 e. The zero-order chi connectivity index (χ0) is 41.0. The molecule has 0 aromatic heterocycles. The molecule has 6 nitrogen and oxygen atoms in total. The Morgan fingerprint density at radius 3 is 1.21 bits per heavy atom. The van der Waals surface area contributed by atoms with E-state index in [1.54, 1.807) is 0 Å². The van der Waals surface area contributed by atoms with E-state index in [0.717, 1.165) is 44.9 Å². The molecule has 0 bridgehead atoms. The lowest BCUT2D eigenvalue weighted by Crippen LogP contribution is -2.53. The number of rotatable bonds is 44. The van der Waals surface area contributed by atoms with Crippen molar-refractivity contribution in [1.29, 1.82) is 0 Å². The van der Waals surface area contributed by atoms with Gasteiger partial charge in [0.1, 0.15) is 12.2 Å². The Morgan fingerprint density at radius 1 is 0.446 bits per heavy atom. The van der Waals surface area contributed by atoms with Gasteiger partial charge in [-0.05, 0) is 70.6 Å². The van der Waals surface area contributed by atoms with Crippen LogP contribution in [0.25, 0.3) is 0 Å². The van der Waals surface area contributed by atoms with Crippen molar-refractivity contribution in [2.24, 2.45) is 0 Å². The second-order valence-corrected chi connectivity index (χ2v) is 16.8. The van der Waals surface area contributed by atoms with E-state index in [1.807, 2.05) is 0 Å². The summed E-state index contributed by atoms with van der Waals surface area (Å²) in [5.41, 5.74) is 0. The van der Waals surface area contributed by atoms with Crippen molar-refractivity contribution >= 4 is 5.91 Å². The van der Waals surface area contributed by atoms with Crippen LogP contribution in [0.2, 0.25) is 0 Å². The Labute approximate surface area is 347 Å². The van der Waals surface area contributed by atoms with Crippen LogP contribution in [0.4, 0.5) is 0 Å². The third-order valence-electron chi connectivity index (χ3n) is 11.3. The fraction of sp³-hybridized carbons (Fsp3) is 0.860. The van der Waals surface area contributed by atoms with Crippen molar-refractivity contribution in [2.45, 2.75) is 269 Å². The summed E-state index contributed by atoms with van der Waals surface area (Å²) in [6, 6.07) is -1.01. The van der Waals surface area contributed by atoms with Crippen LogP contribution in [0, 0.1) is 0 Å². The minimum Gasteiger partial charge on any atom is -0.394 e. The lowest BCUT2D eigenvalue weighted by atomic mass is 10.00. The molecule has 4 atom stereocenters. The second kappa shape index (κ2) is 44.6. The molecule has 0 saturated heterocycles. The highest BCUT2D eigenvalue weighted by Crippen LogP contribution is 2.16. The van der Waals surface area contributed by atoms with E-state index in [1.165, 1.54) is 167 Å². The smallest absolute Gasteiger partial charge is 0.249 e. The van der Waals surface area contributed by atoms with E-state index in [2.05, 4.69) is 55.6 Å². The van der Waals surface area contributed by atoms with Crippen molar-refractivity contribution in [3.8, 4) is 0 Å². The van der Waals surface area contributed by atoms with Crippen molar-refractivity contribution in [1.82, 2.24) is 5.32 Å². The summed E-state index contributed by atoms with van der Waals surface area (Å²) in [6.07, 6.45) is 53.8. The number of allylic oxidation sites excluding steroid dienone is 6. The average molecular weight is 790 g/mol. The number of aliphatic hydroxyl groups is 4. The summed E-state index contributed by atoms with van der Waals surface area (Å²) in [5, 5.41) is 43.5. The van der Waals surface area contributed by atoms with Crippen molar-refractivity contribution in [3.63, 3.8) is 0 Å². The first kappa shape index (κ1) is 54.5. The van der Waals surface area contributed by atoms with Crippen molar-refractivity contribution in [2.75, 3.05) is 6.61 Å². The number of hydrogen-bond donors (Lipinski definition) is 5. The van der Waals surface area contributed by atoms with E-state index in [-0.39, 0.29) is 0 Å². The van der Waals surface area contributed by atoms with Crippen LogP contribution in [0.1, 0.15) is 245 Å². The molecule has 0 aromatic rings. The van der Waals surface area contributed by atoms with E-state index < -0.39 is 36.9 Å². The van der Waals surface area contributed by atoms with Crippen LogP contribution in [0.5, 0.6) is 0 Å². The number of aliphatic hydroxyl groups excluding tert-OH is 4. The van der Waals surface area contributed by atoms with E-state index in [9.17, 15) is 25.2 Å². The van der Waals surface area contributed by atoms with Crippen LogP contribution in [-0.4, -0.2) is 57.3 Å². The molecular formula is C50H95NO5. The van der Waals surface area contributed by atoms with E-state index in [4.69, 9.17) is 0 Å². The van der Waals surface area contributed by atoms with Gasteiger partial charge in [0.05, 0.1) is 18.8 Å². The van der Waals surface area contributed by atoms with Gasteiger partial charge in [-0.15, -0.1) is 0 Å². The fourth-order valence-corrected chi connectivity index (χ4v) is 7.48. The summed E-state index contributed by atoms with van der Waals surface area (Å²) >= 11 is 0. The van der Waals surface area contributed by atoms with Crippen LogP contribution in [0.15, 0.2) is 36.5 Å². The zero-order valence-electron chi connectivity index (χ0n) is 37.1. The third kappa shape index (κ3) is 38.1. The SMILES string of the molecule is CC/C=C/CC/C=C/CCCC(O)C(O)C(CO)NC(=O)C(O)CCCCCCCCCCCCCCCCC/C=C\CCCCCCCCCCCCCC. The molecule has 0 fully saturated rings. The summed E-state index contributed by atoms with van der Waals surface area (Å²) in [7, 11) is 0. The predicted octanol–water partition coefficient (Wildman–Crippen LogP) is 13.3. The molecule has 0 rings (SSSR count). The molecule has 0 aromatic carbocycles. The molecule has 0 aliphatic carbocycles. The van der Waals surface area contributed by atoms with Gasteiger partial charge in [0, 0.05) is 0 Å². The first-order valence-corrected chi connectivity index (χ1v) is 24.4. The van der Waals surface area contributed by atoms with Crippen LogP contribution < -0.4 is 5.32 Å². The van der Waals surface area contributed by atoms with Crippen LogP contribution in [0.3, 0.4) is 0 Å². The number of hydrogen-bond acceptors (Lipinski definition) is 5. The Hall–Kier alpha value is -1.47. The number of amides is 1. The monoisotopic (exact) mass is 790 g/mol. The van der Waals surface area contributed by atoms with Gasteiger partial charge in [0.2, 0.25) is 5.91 Å². The molecule has 0 aliphatic rings. The van der Waals surface area contributed by atoms with Crippen LogP contribution >= 0.6 is 0 Å². The van der Waals surface area contributed by atoms with Gasteiger partial charge in [-0.25, -0.2) is 0 Å². The Bertz CT molecular complexity index is 889. The fourth-order valence-electron chi connectivity index (χ4n) is 7.48. The molecule has 56 heavy (non-hydrogen) atoms. The van der Waals surface area contributed by atoms with Gasteiger partial charge in [-0.1, -0.05) is 211 Å². The van der Waals surface area contributed by atoms with Crippen LogP contribution in [-0.2, 0) is 4.79 Å². The second-order valence-electron chi connectivity index (χ2n) is 16.8. The Morgan fingerprint density at radius 2 is 0.804 bits per heavy atom. The molecule has 0 aliphatic heterocycles. The summed E-state index contributed by atoms with van der Waals surface area (Å²) in [5.74, 6) is -0.599. The summed E-state index contributed by atoms with van der Waals surface area (Å²) < 4.78 is 0. The minimum absolute atomic E-state index is 0.361. The maximum atomic E-state index is 12.5. The lowest BCUT2D eigenvalue weighted by Gasteiger charge is -2.27. The van der Waals surface area contributed by atoms with E-state index >= 15 is 0 Å². The Kier molecular flexibility index (Phi) is 43.5. The summed E-state index contributed by atoms with van der Waals surface area (Å²) in [4.78, 5) is 12.5. The summed E-state index contributed by atoms with van der Waals surface area (Å²) in [6.45, 7) is 3.91. The molecule has 4 unspecified atom stereocenters. The van der Waals surface area contributed by atoms with Crippen molar-refractivity contribution in [3.05, 3.63) is 36.5 Å². The van der Waals surface area contributed by atoms with Gasteiger partial charge in [0.25, 0.3) is 0 Å². The standard InChI is InChI=1S/C50H95NO5/c1-3-5-7-9-11-13-14-15-16-17-18-19-20-21-22-23-24-25-26-27-28-29-30-31-32-33-34-36-38-40-42-44-48(54)50(56)51-46(45-52)49(55)47(53)43-41-39-37-35-12-10-8-6-4-2/h6,8,21-22,35,37,46-49,52-55H,3-5,7,9-20,23-34,36,38-45H2,1-2H3,(H,51,56)/b8-6+,22-21-,37-35+. The minimum atomic E-state index is -1.29. The van der Waals surface area contributed by atoms with Crippen molar-refractivity contribution < 1.29 is 25.2 Å². The van der Waals surface area contributed by atoms with Gasteiger partial charge >= 0.3 is 0 Å². The highest BCUT2D eigenvalue weighted by atomic mass is 16.3. The molecule has 0 saturated carbocycles. The van der Waals surface area contributed by atoms with Gasteiger partial charge in [0.15, 0.2) is 0 Å². The predicted molar refractivity (Wildman–Crippen MR) is 242 cm³/mol. The van der Waals surface area contributed by atoms with Gasteiger partial charge in [-0.2, -0.15) is 0 Å². The quantitative estimate of drug-likeness (QED) is 0.0312. The number of carbonyl (C=O) groups is 1. The molecule has 0 heterocycles. The Balaban J connectivity index is 3.56. The first-order chi connectivity index (χ1) is 27.5. The molecule has 1 amide bonds. The normalized spacial score (nSPS) is 14.3. The van der Waals surface area contributed by atoms with Gasteiger partial charge < -0.3 is 25.7 Å².